The van der Waals surface area contributed by atoms with Gasteiger partial charge in [0.05, 0.1) is 17.1 Å². The highest BCUT2D eigenvalue weighted by atomic mass is 15.3. The second-order valence-corrected chi connectivity index (χ2v) is 12.8. The molecule has 0 atom stereocenters. The minimum atomic E-state index is 0.617. The average Bonchev–Trinajstić information content (AvgIpc) is 3.08. The number of rotatable bonds is 7. The number of nitrogens with zero attached hydrogens (tertiary/aromatic N) is 4. The van der Waals surface area contributed by atoms with Crippen LogP contribution < -0.4 is 9.80 Å². The molecule has 236 valence electrons. The smallest absolute Gasteiger partial charge is 0.234 e. The van der Waals surface area contributed by atoms with E-state index in [-0.39, 0.29) is 0 Å². The van der Waals surface area contributed by atoms with Crippen molar-refractivity contribution in [2.45, 2.75) is 41.5 Å². The van der Waals surface area contributed by atoms with Gasteiger partial charge in [0.25, 0.3) is 0 Å². The summed E-state index contributed by atoms with van der Waals surface area (Å²) in [4.78, 5) is 14.5. The Morgan fingerprint density at radius 3 is 1.48 bits per heavy atom. The van der Waals surface area contributed by atoms with Crippen LogP contribution in [-0.4, -0.2) is 9.97 Å². The molecule has 0 bridgehead atoms. The fourth-order valence-corrected chi connectivity index (χ4v) is 7.15. The lowest BCUT2D eigenvalue weighted by Crippen LogP contribution is -2.17. The summed E-state index contributed by atoms with van der Waals surface area (Å²) in [6, 6.07) is 43.1. The number of hydrogen-bond acceptors (Lipinski definition) is 4. The van der Waals surface area contributed by atoms with E-state index in [0.717, 1.165) is 33.6 Å². The molecule has 7 aromatic rings. The predicted octanol–water partition coefficient (Wildman–Crippen LogP) is 12.1. The van der Waals surface area contributed by atoms with Crippen molar-refractivity contribution in [3.05, 3.63) is 167 Å². The lowest BCUT2D eigenvalue weighted by atomic mass is 9.98. The van der Waals surface area contributed by atoms with Crippen LogP contribution in [0.1, 0.15) is 33.4 Å². The van der Waals surface area contributed by atoms with E-state index < -0.39 is 0 Å². The first-order chi connectivity index (χ1) is 23.3. The molecule has 0 fully saturated rings. The molecule has 0 saturated heterocycles. The molecular formula is C44H40N4. The van der Waals surface area contributed by atoms with E-state index in [1.807, 2.05) is 30.6 Å². The highest BCUT2D eigenvalue weighted by molar-refractivity contribution is 5.98. The summed E-state index contributed by atoms with van der Waals surface area (Å²) in [7, 11) is 0. The predicted molar refractivity (Wildman–Crippen MR) is 203 cm³/mol. The summed E-state index contributed by atoms with van der Waals surface area (Å²) in [5.74, 6) is 0.617. The quantitative estimate of drug-likeness (QED) is 0.177. The van der Waals surface area contributed by atoms with Gasteiger partial charge in [0, 0.05) is 34.7 Å². The van der Waals surface area contributed by atoms with Gasteiger partial charge in [0.1, 0.15) is 0 Å². The number of hydrogen-bond donors (Lipinski definition) is 0. The van der Waals surface area contributed by atoms with E-state index >= 15 is 0 Å². The Balaban J connectivity index is 1.39. The van der Waals surface area contributed by atoms with Gasteiger partial charge >= 0.3 is 0 Å². The van der Waals surface area contributed by atoms with E-state index in [4.69, 9.17) is 9.97 Å². The largest absolute Gasteiger partial charge is 0.309 e. The number of benzene rings is 6. The van der Waals surface area contributed by atoms with Crippen molar-refractivity contribution in [3.63, 3.8) is 0 Å². The van der Waals surface area contributed by atoms with Gasteiger partial charge in [0.2, 0.25) is 5.95 Å². The number of aryl methyl sites for hydroxylation is 6. The first-order valence-corrected chi connectivity index (χ1v) is 16.5. The Morgan fingerprint density at radius 2 is 0.917 bits per heavy atom. The van der Waals surface area contributed by atoms with Crippen molar-refractivity contribution in [2.24, 2.45) is 0 Å². The van der Waals surface area contributed by atoms with Gasteiger partial charge in [-0.2, -0.15) is 0 Å². The molecule has 0 spiro atoms. The SMILES string of the molecule is Cc1cc(C)c(N(c2ccc(N(c3ncc(-c4ccccc4)cn3)c3cccc4ccccc34)cc2)c2c(C)cc(C)cc2C)c(C)c1. The van der Waals surface area contributed by atoms with Crippen molar-refractivity contribution in [1.29, 1.82) is 0 Å². The molecule has 7 rings (SSSR count). The van der Waals surface area contributed by atoms with Gasteiger partial charge in [-0.15, -0.1) is 0 Å². The molecule has 6 aromatic carbocycles. The molecule has 0 aliphatic carbocycles. The van der Waals surface area contributed by atoms with Crippen LogP contribution >= 0.6 is 0 Å². The molecule has 0 N–H and O–H groups in total. The number of anilines is 6. The van der Waals surface area contributed by atoms with Crippen LogP contribution in [0, 0.1) is 41.5 Å². The Labute approximate surface area is 284 Å². The lowest BCUT2D eigenvalue weighted by molar-refractivity contribution is 1.08. The van der Waals surface area contributed by atoms with Crippen LogP contribution in [0.3, 0.4) is 0 Å². The molecule has 0 amide bonds. The van der Waals surface area contributed by atoms with Crippen LogP contribution in [0.5, 0.6) is 0 Å². The van der Waals surface area contributed by atoms with E-state index in [0.29, 0.717) is 5.95 Å². The Bertz CT molecular complexity index is 2130. The maximum atomic E-state index is 4.93. The first kappa shape index (κ1) is 30.9. The fourth-order valence-electron chi connectivity index (χ4n) is 7.15. The van der Waals surface area contributed by atoms with Crippen molar-refractivity contribution in [1.82, 2.24) is 9.97 Å². The molecule has 0 aliphatic rings. The first-order valence-electron chi connectivity index (χ1n) is 16.5. The molecule has 1 heterocycles. The lowest BCUT2D eigenvalue weighted by Gasteiger charge is -2.32. The molecule has 4 nitrogen and oxygen atoms in total. The zero-order valence-electron chi connectivity index (χ0n) is 28.5. The molecular weight excluding hydrogens is 585 g/mol. The second-order valence-electron chi connectivity index (χ2n) is 12.8. The van der Waals surface area contributed by atoms with Gasteiger partial charge in [0.15, 0.2) is 0 Å². The monoisotopic (exact) mass is 624 g/mol. The summed E-state index contributed by atoms with van der Waals surface area (Å²) in [6.45, 7) is 13.2. The molecule has 48 heavy (non-hydrogen) atoms. The van der Waals surface area contributed by atoms with Crippen molar-refractivity contribution < 1.29 is 0 Å². The normalized spacial score (nSPS) is 11.1. The van der Waals surface area contributed by atoms with Gasteiger partial charge < -0.3 is 4.90 Å². The zero-order chi connectivity index (χ0) is 33.4. The topological polar surface area (TPSA) is 32.3 Å². The Morgan fingerprint density at radius 1 is 0.438 bits per heavy atom. The average molecular weight is 625 g/mol. The van der Waals surface area contributed by atoms with Gasteiger partial charge in [-0.1, -0.05) is 102 Å². The molecule has 0 unspecified atom stereocenters. The molecule has 1 aromatic heterocycles. The van der Waals surface area contributed by atoms with Crippen LogP contribution in [0.25, 0.3) is 21.9 Å². The van der Waals surface area contributed by atoms with Gasteiger partial charge in [-0.05, 0) is 105 Å². The zero-order valence-corrected chi connectivity index (χ0v) is 28.5. The van der Waals surface area contributed by atoms with E-state index in [9.17, 15) is 0 Å². The van der Waals surface area contributed by atoms with E-state index in [2.05, 4.69) is 154 Å². The maximum absolute atomic E-state index is 4.93. The third-order valence-corrected chi connectivity index (χ3v) is 9.04. The van der Waals surface area contributed by atoms with Crippen molar-refractivity contribution >= 4 is 45.2 Å². The third kappa shape index (κ3) is 5.82. The summed E-state index contributed by atoms with van der Waals surface area (Å²) < 4.78 is 0. The third-order valence-electron chi connectivity index (χ3n) is 9.04. The highest BCUT2D eigenvalue weighted by Crippen LogP contribution is 2.44. The minimum Gasteiger partial charge on any atom is -0.309 e. The Hall–Kier alpha value is -5.74. The summed E-state index contributed by atoms with van der Waals surface area (Å²) in [5, 5.41) is 2.30. The second kappa shape index (κ2) is 12.8. The van der Waals surface area contributed by atoms with E-state index in [1.54, 1.807) is 0 Å². The minimum absolute atomic E-state index is 0.617. The number of fused-ring (bicyclic) bond motifs is 1. The van der Waals surface area contributed by atoms with E-state index in [1.165, 1.54) is 50.1 Å². The summed E-state index contributed by atoms with van der Waals surface area (Å²) in [6.07, 6.45) is 3.83. The maximum Gasteiger partial charge on any atom is 0.234 e. The standard InChI is InChI=1S/C44H40N4/c1-29-23-31(3)42(32(4)24-29)48(43-33(5)25-30(2)26-34(43)6)39-21-19-38(20-22-39)47(41-18-12-16-36-15-10-11-17-40(36)41)44-45-27-37(28-46-44)35-13-8-7-9-14-35/h7-28H,1-6H3. The highest BCUT2D eigenvalue weighted by Gasteiger charge is 2.23. The molecule has 0 saturated carbocycles. The van der Waals surface area contributed by atoms with Gasteiger partial charge in [-0.3, -0.25) is 4.90 Å². The van der Waals surface area contributed by atoms with Crippen LogP contribution in [0.2, 0.25) is 0 Å². The van der Waals surface area contributed by atoms with Crippen LogP contribution in [-0.2, 0) is 0 Å². The van der Waals surface area contributed by atoms with Crippen molar-refractivity contribution in [3.8, 4) is 11.1 Å². The number of aromatic nitrogens is 2. The van der Waals surface area contributed by atoms with Crippen LogP contribution in [0.15, 0.2) is 134 Å². The molecule has 4 heteroatoms. The van der Waals surface area contributed by atoms with Gasteiger partial charge in [-0.25, -0.2) is 9.97 Å². The van der Waals surface area contributed by atoms with Crippen molar-refractivity contribution in [2.75, 3.05) is 9.80 Å². The molecule has 0 radical (unpaired) electrons. The Kier molecular flexibility index (Phi) is 8.24. The summed E-state index contributed by atoms with van der Waals surface area (Å²) >= 11 is 0. The van der Waals surface area contributed by atoms with Crippen LogP contribution in [0.4, 0.5) is 34.4 Å². The summed E-state index contributed by atoms with van der Waals surface area (Å²) in [5.41, 5.74) is 15.2. The fraction of sp³-hybridized carbons (Fsp3) is 0.136. The molecule has 0 aliphatic heterocycles.